The molecule has 0 radical (unpaired) electrons. The van der Waals surface area contributed by atoms with E-state index in [0.717, 1.165) is 17.9 Å². The van der Waals surface area contributed by atoms with Gasteiger partial charge in [-0.1, -0.05) is 31.9 Å². The molecule has 0 saturated heterocycles. The number of hydrogen-bond acceptors (Lipinski definition) is 2. The van der Waals surface area contributed by atoms with Crippen molar-refractivity contribution < 1.29 is 9.47 Å². The number of alkyl halides is 2. The van der Waals surface area contributed by atoms with E-state index in [1.54, 1.807) is 0 Å². The molecule has 0 heterocycles. The van der Waals surface area contributed by atoms with E-state index in [9.17, 15) is 0 Å². The van der Waals surface area contributed by atoms with Crippen molar-refractivity contribution in [1.82, 2.24) is 0 Å². The molecule has 4 heteroatoms. The first-order valence-electron chi connectivity index (χ1n) is 5.33. The van der Waals surface area contributed by atoms with Crippen molar-refractivity contribution in [3.05, 3.63) is 23.8 Å². The highest BCUT2D eigenvalue weighted by molar-refractivity contribution is 9.24. The lowest BCUT2D eigenvalue weighted by Crippen LogP contribution is -1.99. The maximum atomic E-state index is 5.50. The summed E-state index contributed by atoms with van der Waals surface area (Å²) < 4.78 is 11.3. The number of hydrogen-bond donors (Lipinski definition) is 0. The SMILES string of the molecule is CCOc1cc(CC(Br)Br)cc(OCC)c1. The zero-order valence-corrected chi connectivity index (χ0v) is 12.7. The topological polar surface area (TPSA) is 18.5 Å². The molecule has 0 aliphatic carbocycles. The molecule has 1 aromatic carbocycles. The van der Waals surface area contributed by atoms with Crippen LogP contribution in [0.15, 0.2) is 18.2 Å². The standard InChI is InChI=1S/C12H16Br2O2/c1-3-15-10-5-9(7-12(13)14)6-11(8-10)16-4-2/h5-6,8,12H,3-4,7H2,1-2H3. The van der Waals surface area contributed by atoms with Crippen molar-refractivity contribution in [3.8, 4) is 11.5 Å². The molecule has 0 unspecified atom stereocenters. The summed E-state index contributed by atoms with van der Waals surface area (Å²) in [5.74, 6) is 1.73. The monoisotopic (exact) mass is 350 g/mol. The van der Waals surface area contributed by atoms with E-state index in [4.69, 9.17) is 9.47 Å². The highest BCUT2D eigenvalue weighted by Gasteiger charge is 2.06. The Morgan fingerprint density at radius 2 is 1.50 bits per heavy atom. The second-order valence-electron chi connectivity index (χ2n) is 3.27. The number of benzene rings is 1. The molecule has 0 aromatic heterocycles. The minimum Gasteiger partial charge on any atom is -0.494 e. The molecule has 0 bridgehead atoms. The van der Waals surface area contributed by atoms with Crippen molar-refractivity contribution in [2.45, 2.75) is 24.0 Å². The molecule has 90 valence electrons. The lowest BCUT2D eigenvalue weighted by molar-refractivity contribution is 0.322. The Balaban J connectivity index is 2.88. The third kappa shape index (κ3) is 4.74. The smallest absolute Gasteiger partial charge is 0.123 e. The van der Waals surface area contributed by atoms with Crippen molar-refractivity contribution in [3.63, 3.8) is 0 Å². The average molecular weight is 352 g/mol. The molecule has 0 aliphatic rings. The largest absolute Gasteiger partial charge is 0.494 e. The van der Waals surface area contributed by atoms with Crippen molar-refractivity contribution in [2.75, 3.05) is 13.2 Å². The van der Waals surface area contributed by atoms with Gasteiger partial charge < -0.3 is 9.47 Å². The summed E-state index contributed by atoms with van der Waals surface area (Å²) in [7, 11) is 0. The van der Waals surface area contributed by atoms with Gasteiger partial charge in [0, 0.05) is 6.07 Å². The van der Waals surface area contributed by atoms with Gasteiger partial charge in [0.15, 0.2) is 0 Å². The predicted molar refractivity (Wildman–Crippen MR) is 74.1 cm³/mol. The summed E-state index contributed by atoms with van der Waals surface area (Å²) in [6, 6.07) is 6.01. The first kappa shape index (κ1) is 13.8. The summed E-state index contributed by atoms with van der Waals surface area (Å²) in [4.78, 5) is 0. The lowest BCUT2D eigenvalue weighted by Gasteiger charge is -2.11. The van der Waals surface area contributed by atoms with Gasteiger partial charge in [0.25, 0.3) is 0 Å². The van der Waals surface area contributed by atoms with Crippen LogP contribution in [0.4, 0.5) is 0 Å². The van der Waals surface area contributed by atoms with E-state index in [1.165, 1.54) is 5.56 Å². The lowest BCUT2D eigenvalue weighted by atomic mass is 10.1. The van der Waals surface area contributed by atoms with Crippen LogP contribution in [0.3, 0.4) is 0 Å². The third-order valence-corrected chi connectivity index (χ3v) is 2.60. The molecule has 2 nitrogen and oxygen atoms in total. The van der Waals surface area contributed by atoms with Crippen molar-refractivity contribution in [1.29, 1.82) is 0 Å². The van der Waals surface area contributed by atoms with E-state index in [2.05, 4.69) is 31.9 Å². The van der Waals surface area contributed by atoms with Gasteiger partial charge in [0.2, 0.25) is 0 Å². The van der Waals surface area contributed by atoms with Gasteiger partial charge in [-0.2, -0.15) is 0 Å². The minimum atomic E-state index is 0.270. The van der Waals surface area contributed by atoms with Gasteiger partial charge in [-0.25, -0.2) is 0 Å². The molecule has 0 saturated carbocycles. The van der Waals surface area contributed by atoms with E-state index >= 15 is 0 Å². The summed E-state index contributed by atoms with van der Waals surface area (Å²) in [5, 5.41) is 0. The quantitative estimate of drug-likeness (QED) is 0.717. The second kappa shape index (κ2) is 7.17. The highest BCUT2D eigenvalue weighted by Crippen LogP contribution is 2.26. The van der Waals surface area contributed by atoms with Crippen LogP contribution in [-0.2, 0) is 6.42 Å². The van der Waals surface area contributed by atoms with E-state index in [-0.39, 0.29) is 3.74 Å². The molecule has 0 atom stereocenters. The third-order valence-electron chi connectivity index (χ3n) is 1.95. The normalized spacial score (nSPS) is 10.6. The first-order valence-corrected chi connectivity index (χ1v) is 7.16. The van der Waals surface area contributed by atoms with Crippen LogP contribution < -0.4 is 9.47 Å². The van der Waals surface area contributed by atoms with E-state index in [0.29, 0.717) is 13.2 Å². The fourth-order valence-corrected chi connectivity index (χ4v) is 2.17. The van der Waals surface area contributed by atoms with Gasteiger partial charge >= 0.3 is 0 Å². The van der Waals surface area contributed by atoms with E-state index < -0.39 is 0 Å². The molecular formula is C12H16Br2O2. The number of rotatable bonds is 6. The summed E-state index contributed by atoms with van der Waals surface area (Å²) >= 11 is 6.95. The predicted octanol–water partition coefficient (Wildman–Crippen LogP) is 4.14. The fraction of sp³-hybridized carbons (Fsp3) is 0.500. The molecule has 0 fully saturated rings. The number of ether oxygens (including phenoxy) is 2. The minimum absolute atomic E-state index is 0.270. The van der Waals surface area contributed by atoms with Crippen molar-refractivity contribution >= 4 is 31.9 Å². The molecule has 16 heavy (non-hydrogen) atoms. The number of halogens is 2. The molecule has 0 N–H and O–H groups in total. The summed E-state index contributed by atoms with van der Waals surface area (Å²) in [6.07, 6.45) is 0.890. The van der Waals surface area contributed by atoms with Gasteiger partial charge in [-0.15, -0.1) is 0 Å². The Bertz CT molecular complexity index is 303. The van der Waals surface area contributed by atoms with Crippen molar-refractivity contribution in [2.24, 2.45) is 0 Å². The molecular weight excluding hydrogens is 336 g/mol. The molecule has 0 spiro atoms. The zero-order chi connectivity index (χ0) is 12.0. The molecule has 1 rings (SSSR count). The Kier molecular flexibility index (Phi) is 6.21. The maximum absolute atomic E-state index is 5.50. The summed E-state index contributed by atoms with van der Waals surface area (Å²) in [6.45, 7) is 5.29. The van der Waals surface area contributed by atoms with Gasteiger partial charge in [-0.3, -0.25) is 0 Å². The van der Waals surface area contributed by atoms with Crippen LogP contribution in [0.25, 0.3) is 0 Å². The Morgan fingerprint density at radius 1 is 1.00 bits per heavy atom. The van der Waals surface area contributed by atoms with E-state index in [1.807, 2.05) is 32.0 Å². The Labute approximate surface area is 114 Å². The maximum Gasteiger partial charge on any atom is 0.123 e. The summed E-state index contributed by atoms with van der Waals surface area (Å²) in [5.41, 5.74) is 1.19. The van der Waals surface area contributed by atoms with Gasteiger partial charge in [0.1, 0.15) is 11.5 Å². The molecule has 0 aliphatic heterocycles. The van der Waals surface area contributed by atoms with Crippen LogP contribution in [0, 0.1) is 0 Å². The van der Waals surface area contributed by atoms with Gasteiger partial charge in [0.05, 0.1) is 17.0 Å². The van der Waals surface area contributed by atoms with Crippen LogP contribution in [-0.4, -0.2) is 17.0 Å². The Morgan fingerprint density at radius 3 is 1.88 bits per heavy atom. The zero-order valence-electron chi connectivity index (χ0n) is 9.50. The van der Waals surface area contributed by atoms with Crippen LogP contribution in [0.1, 0.15) is 19.4 Å². The van der Waals surface area contributed by atoms with Crippen LogP contribution in [0.5, 0.6) is 11.5 Å². The fourth-order valence-electron chi connectivity index (χ4n) is 1.43. The van der Waals surface area contributed by atoms with Crippen LogP contribution >= 0.6 is 31.9 Å². The van der Waals surface area contributed by atoms with Gasteiger partial charge in [-0.05, 0) is 38.0 Å². The Hall–Kier alpha value is -0.220. The molecule has 0 amide bonds. The molecule has 1 aromatic rings. The van der Waals surface area contributed by atoms with Crippen LogP contribution in [0.2, 0.25) is 0 Å². The first-order chi connectivity index (χ1) is 7.65. The average Bonchev–Trinajstić information content (AvgIpc) is 2.17. The second-order valence-corrected chi connectivity index (χ2v) is 6.71. The highest BCUT2D eigenvalue weighted by atomic mass is 79.9.